The van der Waals surface area contributed by atoms with Gasteiger partial charge in [-0.05, 0) is 30.2 Å². The zero-order valence-electron chi connectivity index (χ0n) is 15.3. The molecule has 0 spiro atoms. The van der Waals surface area contributed by atoms with Gasteiger partial charge in [-0.15, -0.1) is 0 Å². The standard InChI is InChI=1S/C21H23N3O3/c1-14-7-8-19-18(9-14)24(21(26)13-27-19)12-20(25)23-10-16(17(22)11-23)15-5-3-2-4-6-15/h2-9,16-17H,10-13,22H2,1H3/t16-,17+/m1/s1. The van der Waals surface area contributed by atoms with Crippen LogP contribution < -0.4 is 15.4 Å². The number of benzene rings is 2. The van der Waals surface area contributed by atoms with Crippen molar-refractivity contribution in [3.05, 3.63) is 59.7 Å². The van der Waals surface area contributed by atoms with Gasteiger partial charge < -0.3 is 15.4 Å². The van der Waals surface area contributed by atoms with E-state index in [2.05, 4.69) is 0 Å². The van der Waals surface area contributed by atoms with E-state index >= 15 is 0 Å². The Hall–Kier alpha value is -2.86. The molecule has 6 heteroatoms. The summed E-state index contributed by atoms with van der Waals surface area (Å²) in [5.74, 6) is 0.453. The number of amides is 2. The number of hydrogen-bond donors (Lipinski definition) is 1. The number of anilines is 1. The lowest BCUT2D eigenvalue weighted by Gasteiger charge is -2.30. The Kier molecular flexibility index (Phi) is 4.58. The highest BCUT2D eigenvalue weighted by atomic mass is 16.5. The fourth-order valence-electron chi connectivity index (χ4n) is 3.81. The van der Waals surface area contributed by atoms with Gasteiger partial charge in [-0.1, -0.05) is 36.4 Å². The molecule has 0 bridgehead atoms. The first-order valence-electron chi connectivity index (χ1n) is 9.15. The lowest BCUT2D eigenvalue weighted by atomic mass is 9.95. The molecule has 2 aromatic rings. The van der Waals surface area contributed by atoms with Crippen LogP contribution in [0.4, 0.5) is 5.69 Å². The van der Waals surface area contributed by atoms with Crippen LogP contribution in [0.2, 0.25) is 0 Å². The van der Waals surface area contributed by atoms with Crippen LogP contribution in [0.25, 0.3) is 0 Å². The molecule has 2 amide bonds. The van der Waals surface area contributed by atoms with Gasteiger partial charge in [0.15, 0.2) is 6.61 Å². The molecule has 0 aliphatic carbocycles. The molecule has 2 N–H and O–H groups in total. The molecule has 2 aliphatic heterocycles. The summed E-state index contributed by atoms with van der Waals surface area (Å²) in [5, 5.41) is 0. The van der Waals surface area contributed by atoms with Gasteiger partial charge in [-0.25, -0.2) is 0 Å². The van der Waals surface area contributed by atoms with Gasteiger partial charge in [-0.3, -0.25) is 14.5 Å². The second kappa shape index (κ2) is 7.04. The van der Waals surface area contributed by atoms with E-state index < -0.39 is 0 Å². The lowest BCUT2D eigenvalue weighted by Crippen LogP contribution is -2.46. The Labute approximate surface area is 158 Å². The lowest BCUT2D eigenvalue weighted by molar-refractivity contribution is -0.131. The molecule has 2 aromatic carbocycles. The first-order chi connectivity index (χ1) is 13.0. The summed E-state index contributed by atoms with van der Waals surface area (Å²) in [4.78, 5) is 28.6. The SMILES string of the molecule is Cc1ccc2c(c1)N(CC(=O)N1C[C@H](c3ccccc3)[C@@H](N)C1)C(=O)CO2. The molecule has 1 fully saturated rings. The number of likely N-dealkylation sites (tertiary alicyclic amines) is 1. The van der Waals surface area contributed by atoms with Crippen molar-refractivity contribution in [3.63, 3.8) is 0 Å². The summed E-state index contributed by atoms with van der Waals surface area (Å²) in [6, 6.07) is 15.6. The molecule has 2 atom stereocenters. The van der Waals surface area contributed by atoms with E-state index in [1.165, 1.54) is 4.90 Å². The highest BCUT2D eigenvalue weighted by molar-refractivity contribution is 6.02. The molecule has 0 aromatic heterocycles. The molecular weight excluding hydrogens is 342 g/mol. The Morgan fingerprint density at radius 2 is 1.96 bits per heavy atom. The van der Waals surface area contributed by atoms with Gasteiger partial charge in [0.2, 0.25) is 5.91 Å². The van der Waals surface area contributed by atoms with Crippen LogP contribution >= 0.6 is 0 Å². The number of carbonyl (C=O) groups is 2. The van der Waals surface area contributed by atoms with Crippen molar-refractivity contribution >= 4 is 17.5 Å². The third kappa shape index (κ3) is 3.40. The third-order valence-electron chi connectivity index (χ3n) is 5.30. The zero-order chi connectivity index (χ0) is 19.0. The number of carbonyl (C=O) groups excluding carboxylic acids is 2. The molecule has 6 nitrogen and oxygen atoms in total. The molecule has 4 rings (SSSR count). The maximum Gasteiger partial charge on any atom is 0.265 e. The summed E-state index contributed by atoms with van der Waals surface area (Å²) >= 11 is 0. The van der Waals surface area contributed by atoms with E-state index in [9.17, 15) is 9.59 Å². The molecule has 2 aliphatic rings. The van der Waals surface area contributed by atoms with Crippen molar-refractivity contribution in [2.45, 2.75) is 18.9 Å². The summed E-state index contributed by atoms with van der Waals surface area (Å²) in [6.07, 6.45) is 0. The van der Waals surface area contributed by atoms with Crippen molar-refractivity contribution in [1.29, 1.82) is 0 Å². The van der Waals surface area contributed by atoms with Crippen molar-refractivity contribution < 1.29 is 14.3 Å². The number of hydrogen-bond acceptors (Lipinski definition) is 4. The van der Waals surface area contributed by atoms with Crippen molar-refractivity contribution in [1.82, 2.24) is 4.90 Å². The predicted octanol–water partition coefficient (Wildman–Crippen LogP) is 1.67. The van der Waals surface area contributed by atoms with Gasteiger partial charge in [0.25, 0.3) is 5.91 Å². The second-order valence-corrected chi connectivity index (χ2v) is 7.22. The minimum atomic E-state index is -0.204. The van der Waals surface area contributed by atoms with Gasteiger partial charge in [0.1, 0.15) is 12.3 Å². The fourth-order valence-corrected chi connectivity index (χ4v) is 3.81. The Balaban J connectivity index is 1.50. The Morgan fingerprint density at radius 1 is 1.19 bits per heavy atom. The van der Waals surface area contributed by atoms with Crippen molar-refractivity contribution in [3.8, 4) is 5.75 Å². The van der Waals surface area contributed by atoms with Gasteiger partial charge in [0, 0.05) is 25.0 Å². The first-order valence-corrected chi connectivity index (χ1v) is 9.15. The summed E-state index contributed by atoms with van der Waals surface area (Å²) < 4.78 is 5.48. The highest BCUT2D eigenvalue weighted by Crippen LogP contribution is 2.33. The first kappa shape index (κ1) is 17.5. The van der Waals surface area contributed by atoms with Crippen LogP contribution in [-0.4, -0.2) is 49.0 Å². The smallest absolute Gasteiger partial charge is 0.265 e. The molecule has 2 heterocycles. The Morgan fingerprint density at radius 3 is 2.74 bits per heavy atom. The molecule has 0 saturated carbocycles. The molecule has 140 valence electrons. The normalized spacial score (nSPS) is 21.8. The molecule has 0 radical (unpaired) electrons. The van der Waals surface area contributed by atoms with Crippen LogP contribution in [0, 0.1) is 6.92 Å². The maximum absolute atomic E-state index is 12.9. The topological polar surface area (TPSA) is 75.9 Å². The van der Waals surface area contributed by atoms with E-state index in [4.69, 9.17) is 10.5 Å². The zero-order valence-corrected chi connectivity index (χ0v) is 15.3. The fraction of sp³-hybridized carbons (Fsp3) is 0.333. The molecule has 27 heavy (non-hydrogen) atoms. The van der Waals surface area contributed by atoms with E-state index in [0.29, 0.717) is 24.5 Å². The average Bonchev–Trinajstić information content (AvgIpc) is 3.06. The second-order valence-electron chi connectivity index (χ2n) is 7.22. The molecule has 0 unspecified atom stereocenters. The Bertz CT molecular complexity index is 868. The largest absolute Gasteiger partial charge is 0.482 e. The van der Waals surface area contributed by atoms with Gasteiger partial charge in [0.05, 0.1) is 5.69 Å². The van der Waals surface area contributed by atoms with Gasteiger partial charge in [-0.2, -0.15) is 0 Å². The number of aryl methyl sites for hydroxylation is 1. The minimum absolute atomic E-state index is 0.00682. The monoisotopic (exact) mass is 365 g/mol. The predicted molar refractivity (Wildman–Crippen MR) is 103 cm³/mol. The van der Waals surface area contributed by atoms with E-state index in [1.807, 2.05) is 55.5 Å². The third-order valence-corrected chi connectivity index (χ3v) is 5.30. The quantitative estimate of drug-likeness (QED) is 0.898. The highest BCUT2D eigenvalue weighted by Gasteiger charge is 2.36. The van der Waals surface area contributed by atoms with Crippen LogP contribution in [0.5, 0.6) is 5.75 Å². The average molecular weight is 365 g/mol. The van der Waals surface area contributed by atoms with E-state index in [0.717, 1.165) is 11.1 Å². The number of nitrogens with two attached hydrogens (primary N) is 1. The number of nitrogens with zero attached hydrogens (tertiary/aromatic N) is 2. The maximum atomic E-state index is 12.9. The van der Waals surface area contributed by atoms with Crippen molar-refractivity contribution in [2.24, 2.45) is 5.73 Å². The van der Waals surface area contributed by atoms with Crippen LogP contribution in [0.1, 0.15) is 17.0 Å². The van der Waals surface area contributed by atoms with Crippen molar-refractivity contribution in [2.75, 3.05) is 31.1 Å². The van der Waals surface area contributed by atoms with Crippen LogP contribution in [0.3, 0.4) is 0 Å². The molecule has 1 saturated heterocycles. The summed E-state index contributed by atoms with van der Waals surface area (Å²) in [7, 11) is 0. The van der Waals surface area contributed by atoms with E-state index in [1.54, 1.807) is 4.90 Å². The number of ether oxygens (including phenoxy) is 1. The van der Waals surface area contributed by atoms with E-state index in [-0.39, 0.29) is 36.9 Å². The van der Waals surface area contributed by atoms with Crippen LogP contribution in [-0.2, 0) is 9.59 Å². The molecular formula is C21H23N3O3. The van der Waals surface area contributed by atoms with Crippen LogP contribution in [0.15, 0.2) is 48.5 Å². The summed E-state index contributed by atoms with van der Waals surface area (Å²) in [5.41, 5.74) is 9.11. The number of fused-ring (bicyclic) bond motifs is 1. The number of rotatable bonds is 3. The summed E-state index contributed by atoms with van der Waals surface area (Å²) in [6.45, 7) is 2.98. The minimum Gasteiger partial charge on any atom is -0.482 e. The van der Waals surface area contributed by atoms with Gasteiger partial charge >= 0.3 is 0 Å².